The molecule has 24 heavy (non-hydrogen) atoms. The summed E-state index contributed by atoms with van der Waals surface area (Å²) in [5.41, 5.74) is 3.78. The Morgan fingerprint density at radius 2 is 2.04 bits per heavy atom. The fraction of sp³-hybridized carbons (Fsp3) is 0.368. The van der Waals surface area contributed by atoms with Crippen molar-refractivity contribution in [3.63, 3.8) is 0 Å². The van der Waals surface area contributed by atoms with E-state index in [-0.39, 0.29) is 5.91 Å². The van der Waals surface area contributed by atoms with Crippen molar-refractivity contribution in [3.05, 3.63) is 59.4 Å². The Balaban J connectivity index is 1.87. The smallest absolute Gasteiger partial charge is 0.269 e. The van der Waals surface area contributed by atoms with Gasteiger partial charge in [-0.3, -0.25) is 9.78 Å². The van der Waals surface area contributed by atoms with E-state index in [1.165, 1.54) is 11.1 Å². The molecule has 0 saturated carbocycles. The molecule has 0 atom stereocenters. The lowest BCUT2D eigenvalue weighted by Gasteiger charge is -2.11. The molecule has 0 radical (unpaired) electrons. The second-order valence-corrected chi connectivity index (χ2v) is 6.19. The number of hydrogen-bond donors (Lipinski definition) is 2. The van der Waals surface area contributed by atoms with E-state index in [0.717, 1.165) is 25.2 Å². The number of carbonyl (C=O) groups is 1. The maximum absolute atomic E-state index is 12.1. The lowest BCUT2D eigenvalue weighted by atomic mass is 10.1. The van der Waals surface area contributed by atoms with Gasteiger partial charge < -0.3 is 15.5 Å². The molecule has 1 aromatic heterocycles. The van der Waals surface area contributed by atoms with Crippen LogP contribution in [-0.2, 0) is 6.54 Å². The molecule has 0 spiro atoms. The minimum absolute atomic E-state index is 0.132. The first kappa shape index (κ1) is 17.9. The lowest BCUT2D eigenvalue weighted by Crippen LogP contribution is -2.27. The lowest BCUT2D eigenvalue weighted by molar-refractivity contribution is 0.0947. The van der Waals surface area contributed by atoms with Gasteiger partial charge in [-0.05, 0) is 51.7 Å². The van der Waals surface area contributed by atoms with Crippen molar-refractivity contribution in [1.29, 1.82) is 0 Å². The number of aromatic nitrogens is 1. The van der Waals surface area contributed by atoms with Crippen molar-refractivity contribution in [2.45, 2.75) is 19.9 Å². The predicted molar refractivity (Wildman–Crippen MR) is 98.2 cm³/mol. The summed E-state index contributed by atoms with van der Waals surface area (Å²) in [4.78, 5) is 18.4. The van der Waals surface area contributed by atoms with Crippen molar-refractivity contribution in [2.24, 2.45) is 0 Å². The number of hydrogen-bond acceptors (Lipinski definition) is 4. The average molecular weight is 326 g/mol. The van der Waals surface area contributed by atoms with Crippen LogP contribution in [0.4, 0.5) is 5.69 Å². The molecule has 2 rings (SSSR count). The van der Waals surface area contributed by atoms with E-state index in [9.17, 15) is 4.79 Å². The predicted octanol–water partition coefficient (Wildman–Crippen LogP) is 2.68. The molecule has 1 aromatic carbocycles. The summed E-state index contributed by atoms with van der Waals surface area (Å²) >= 11 is 0. The maximum Gasteiger partial charge on any atom is 0.269 e. The average Bonchev–Trinajstić information content (AvgIpc) is 2.57. The van der Waals surface area contributed by atoms with Gasteiger partial charge in [0.1, 0.15) is 5.69 Å². The number of carbonyl (C=O) groups excluding carboxylic acids is 1. The van der Waals surface area contributed by atoms with Crippen LogP contribution in [0.25, 0.3) is 0 Å². The van der Waals surface area contributed by atoms with Gasteiger partial charge in [-0.15, -0.1) is 0 Å². The molecular formula is C19H26N4O. The van der Waals surface area contributed by atoms with Crippen LogP contribution in [0, 0.1) is 6.92 Å². The summed E-state index contributed by atoms with van der Waals surface area (Å²) < 4.78 is 0. The van der Waals surface area contributed by atoms with E-state index in [2.05, 4.69) is 45.6 Å². The third-order valence-electron chi connectivity index (χ3n) is 3.64. The summed E-state index contributed by atoms with van der Waals surface area (Å²) in [6.45, 7) is 4.40. The second-order valence-electron chi connectivity index (χ2n) is 6.19. The van der Waals surface area contributed by atoms with Crippen LogP contribution < -0.4 is 10.6 Å². The van der Waals surface area contributed by atoms with E-state index in [1.807, 2.05) is 26.2 Å². The van der Waals surface area contributed by atoms with Crippen LogP contribution in [-0.4, -0.2) is 43.0 Å². The molecule has 0 fully saturated rings. The highest BCUT2D eigenvalue weighted by Crippen LogP contribution is 2.11. The van der Waals surface area contributed by atoms with Crippen LogP contribution in [0.15, 0.2) is 42.6 Å². The van der Waals surface area contributed by atoms with E-state index in [4.69, 9.17) is 0 Å². The zero-order valence-electron chi connectivity index (χ0n) is 14.7. The van der Waals surface area contributed by atoms with Gasteiger partial charge in [0.15, 0.2) is 0 Å². The molecule has 0 aliphatic carbocycles. The highest BCUT2D eigenvalue weighted by Gasteiger charge is 2.07. The minimum atomic E-state index is -0.132. The number of nitrogens with zero attached hydrogens (tertiary/aromatic N) is 2. The molecule has 0 saturated heterocycles. The molecule has 128 valence electrons. The van der Waals surface area contributed by atoms with Crippen LogP contribution in [0.2, 0.25) is 0 Å². The molecule has 2 aromatic rings. The molecule has 1 heterocycles. The normalized spacial score (nSPS) is 10.7. The molecule has 0 aliphatic rings. The molecule has 5 nitrogen and oxygen atoms in total. The monoisotopic (exact) mass is 326 g/mol. The first-order valence-corrected chi connectivity index (χ1v) is 8.23. The summed E-state index contributed by atoms with van der Waals surface area (Å²) in [6.07, 6.45) is 2.58. The summed E-state index contributed by atoms with van der Waals surface area (Å²) in [5, 5.41) is 6.25. The third kappa shape index (κ3) is 6.01. The van der Waals surface area contributed by atoms with Gasteiger partial charge in [0.05, 0.1) is 0 Å². The van der Waals surface area contributed by atoms with Crippen LogP contribution in [0.3, 0.4) is 0 Å². The highest BCUT2D eigenvalue weighted by atomic mass is 16.1. The van der Waals surface area contributed by atoms with Gasteiger partial charge in [-0.25, -0.2) is 0 Å². The van der Waals surface area contributed by atoms with E-state index in [1.54, 1.807) is 12.3 Å². The first-order chi connectivity index (χ1) is 11.5. The van der Waals surface area contributed by atoms with Crippen LogP contribution in [0.1, 0.15) is 28.0 Å². The standard InChI is InChI=1S/C19H26N4O/c1-15-6-4-7-16(12-15)14-22-17-8-10-20-18(13-17)19(24)21-9-5-11-23(2)3/h4,6-8,10,12-13H,5,9,11,14H2,1-3H3,(H,20,22)(H,21,24). The Bertz CT molecular complexity index is 670. The number of amides is 1. The quantitative estimate of drug-likeness (QED) is 0.732. The summed E-state index contributed by atoms with van der Waals surface area (Å²) in [7, 11) is 4.04. The van der Waals surface area contributed by atoms with Crippen molar-refractivity contribution in [2.75, 3.05) is 32.5 Å². The summed E-state index contributed by atoms with van der Waals surface area (Å²) in [5.74, 6) is -0.132. The fourth-order valence-electron chi connectivity index (χ4n) is 2.38. The van der Waals surface area contributed by atoms with Gasteiger partial charge >= 0.3 is 0 Å². The number of anilines is 1. The molecule has 0 aliphatic heterocycles. The van der Waals surface area contributed by atoms with Gasteiger partial charge in [-0.1, -0.05) is 29.8 Å². The molecule has 0 bridgehead atoms. The van der Waals surface area contributed by atoms with E-state index >= 15 is 0 Å². The Morgan fingerprint density at radius 3 is 2.79 bits per heavy atom. The summed E-state index contributed by atoms with van der Waals surface area (Å²) in [6, 6.07) is 12.0. The molecule has 2 N–H and O–H groups in total. The Hall–Kier alpha value is -2.40. The zero-order valence-corrected chi connectivity index (χ0v) is 14.7. The Labute approximate surface area is 144 Å². The highest BCUT2D eigenvalue weighted by molar-refractivity contribution is 5.93. The molecular weight excluding hydrogens is 300 g/mol. The van der Waals surface area contributed by atoms with E-state index < -0.39 is 0 Å². The number of benzene rings is 1. The molecule has 5 heteroatoms. The van der Waals surface area contributed by atoms with Gasteiger partial charge in [-0.2, -0.15) is 0 Å². The SMILES string of the molecule is Cc1cccc(CNc2ccnc(C(=O)NCCCN(C)C)c2)c1. The minimum Gasteiger partial charge on any atom is -0.381 e. The van der Waals surface area contributed by atoms with Crippen LogP contribution in [0.5, 0.6) is 0 Å². The first-order valence-electron chi connectivity index (χ1n) is 8.23. The third-order valence-corrected chi connectivity index (χ3v) is 3.64. The van der Waals surface area contributed by atoms with Gasteiger partial charge in [0.2, 0.25) is 0 Å². The van der Waals surface area contributed by atoms with Crippen molar-refractivity contribution < 1.29 is 4.79 Å². The second kappa shape index (κ2) is 9.03. The maximum atomic E-state index is 12.1. The Morgan fingerprint density at radius 1 is 1.21 bits per heavy atom. The number of aryl methyl sites for hydroxylation is 1. The number of rotatable bonds is 8. The fourth-order valence-corrected chi connectivity index (χ4v) is 2.38. The largest absolute Gasteiger partial charge is 0.381 e. The molecule has 1 amide bonds. The van der Waals surface area contributed by atoms with Crippen molar-refractivity contribution in [3.8, 4) is 0 Å². The number of nitrogens with one attached hydrogen (secondary N) is 2. The zero-order chi connectivity index (χ0) is 17.4. The van der Waals surface area contributed by atoms with Gasteiger partial charge in [0, 0.05) is 25.0 Å². The van der Waals surface area contributed by atoms with E-state index in [0.29, 0.717) is 12.2 Å². The van der Waals surface area contributed by atoms with Crippen molar-refractivity contribution in [1.82, 2.24) is 15.2 Å². The molecule has 0 unspecified atom stereocenters. The topological polar surface area (TPSA) is 57.3 Å². The number of pyridine rings is 1. The Kier molecular flexibility index (Phi) is 6.75. The van der Waals surface area contributed by atoms with Crippen LogP contribution >= 0.6 is 0 Å². The van der Waals surface area contributed by atoms with Crippen molar-refractivity contribution >= 4 is 11.6 Å². The van der Waals surface area contributed by atoms with Gasteiger partial charge in [0.25, 0.3) is 5.91 Å².